The third kappa shape index (κ3) is 10.7. The molecule has 1 N–H and O–H groups in total. The summed E-state index contributed by atoms with van der Waals surface area (Å²) in [4.78, 5) is 0. The molecule has 0 aromatic heterocycles. The van der Waals surface area contributed by atoms with Crippen LogP contribution in [0.25, 0.3) is 0 Å². The summed E-state index contributed by atoms with van der Waals surface area (Å²) in [5.74, 6) is 40.1. The van der Waals surface area contributed by atoms with Crippen molar-refractivity contribution in [2.24, 2.45) is 0 Å². The van der Waals surface area contributed by atoms with Crippen molar-refractivity contribution in [2.45, 2.75) is 0 Å². The molecule has 0 radical (unpaired) electrons. The van der Waals surface area contributed by atoms with Gasteiger partial charge in [-0.15, -0.1) is 0 Å². The molecule has 7 rings (SSSR count). The molecule has 0 saturated carbocycles. The van der Waals surface area contributed by atoms with Crippen molar-refractivity contribution >= 4 is 0 Å². The van der Waals surface area contributed by atoms with E-state index in [1.165, 1.54) is 0 Å². The number of hydrogen-bond acceptors (Lipinski definition) is 3. The maximum Gasteiger partial charge on any atom is 0.135 e. The van der Waals surface area contributed by atoms with Gasteiger partial charge in [-0.3, -0.25) is 0 Å². The monoisotopic (exact) mass is 754 g/mol. The zero-order valence-electron chi connectivity index (χ0n) is 32.4. The second-order valence-electron chi connectivity index (χ2n) is 12.9. The van der Waals surface area contributed by atoms with Gasteiger partial charge < -0.3 is 14.6 Å². The number of phenolic OH excluding ortho intramolecular Hbond substituents is 1. The minimum atomic E-state index is 0.0296. The van der Waals surface area contributed by atoms with Gasteiger partial charge in [0.05, 0.1) is 25.3 Å². The fourth-order valence-electron chi connectivity index (χ4n) is 5.78. The van der Waals surface area contributed by atoms with Crippen LogP contribution in [0.15, 0.2) is 164 Å². The predicted octanol–water partition coefficient (Wildman–Crippen LogP) is 9.81. The fourth-order valence-corrected chi connectivity index (χ4v) is 5.78. The molecule has 0 bridgehead atoms. The Hall–Kier alpha value is -8.70. The van der Waals surface area contributed by atoms with Gasteiger partial charge in [-0.25, -0.2) is 0 Å². The number of benzene rings is 7. The number of methoxy groups -OCH3 is 2. The van der Waals surface area contributed by atoms with Crippen LogP contribution in [0.1, 0.15) is 66.8 Å². The molecule has 0 fully saturated rings. The summed E-state index contributed by atoms with van der Waals surface area (Å²) in [7, 11) is 3.20. The summed E-state index contributed by atoms with van der Waals surface area (Å²) in [5.41, 5.74) is 8.77. The summed E-state index contributed by atoms with van der Waals surface area (Å²) < 4.78 is 11.6. The van der Waals surface area contributed by atoms with Crippen molar-refractivity contribution in [2.75, 3.05) is 14.2 Å². The molecular formula is C56H34O3. The van der Waals surface area contributed by atoms with E-state index in [9.17, 15) is 5.11 Å². The average Bonchev–Trinajstić information content (AvgIpc) is 3.28. The highest BCUT2D eigenvalue weighted by molar-refractivity contribution is 5.65. The Morgan fingerprint density at radius 3 is 0.864 bits per heavy atom. The second-order valence-corrected chi connectivity index (χ2v) is 12.9. The van der Waals surface area contributed by atoms with Crippen LogP contribution in [0.3, 0.4) is 0 Å². The van der Waals surface area contributed by atoms with Crippen molar-refractivity contribution in [1.82, 2.24) is 0 Å². The molecule has 0 aliphatic heterocycles. The summed E-state index contributed by atoms with van der Waals surface area (Å²) in [6, 6.07) is 51.6. The molecule has 7 aromatic rings. The van der Waals surface area contributed by atoms with Crippen LogP contribution in [0.2, 0.25) is 0 Å². The van der Waals surface area contributed by atoms with Gasteiger partial charge in [0.1, 0.15) is 17.2 Å². The van der Waals surface area contributed by atoms with Gasteiger partial charge in [0, 0.05) is 55.6 Å². The van der Waals surface area contributed by atoms with E-state index < -0.39 is 0 Å². The van der Waals surface area contributed by atoms with Crippen LogP contribution < -0.4 is 9.47 Å². The molecule has 276 valence electrons. The van der Waals surface area contributed by atoms with Gasteiger partial charge in [-0.1, -0.05) is 144 Å². The van der Waals surface area contributed by atoms with Crippen LogP contribution in [0.4, 0.5) is 0 Å². The highest BCUT2D eigenvalue weighted by Crippen LogP contribution is 2.25. The van der Waals surface area contributed by atoms with Gasteiger partial charge in [-0.2, -0.15) is 0 Å². The van der Waals surface area contributed by atoms with E-state index in [1.807, 2.05) is 152 Å². The molecule has 0 saturated heterocycles. The summed E-state index contributed by atoms with van der Waals surface area (Å²) in [6.45, 7) is 0. The molecule has 3 nitrogen and oxygen atoms in total. The standard InChI is InChI=1S/C56H34O3/c1-58-55-40-50(31-25-44-19-11-5-12-20-44)48(29-23-42-15-7-3-8-16-42)38-52(55)33-27-46-35-47(37-54(57)36-46)28-34-53-39-49(30-24-43-17-9-4-10-18-43)51(41-56(53)59-2)32-26-45-21-13-6-14-22-45/h3-22,35-41,57H,1-2H3. The van der Waals surface area contributed by atoms with Crippen molar-refractivity contribution in [3.05, 3.63) is 231 Å². The normalized spacial score (nSPS) is 9.46. The first-order chi connectivity index (χ1) is 29.0. The molecule has 0 spiro atoms. The Kier molecular flexibility index (Phi) is 12.6. The topological polar surface area (TPSA) is 38.7 Å². The number of hydrogen-bond donors (Lipinski definition) is 1. The van der Waals surface area contributed by atoms with Crippen molar-refractivity contribution in [1.29, 1.82) is 0 Å². The molecule has 0 atom stereocenters. The highest BCUT2D eigenvalue weighted by atomic mass is 16.5. The first-order valence-electron chi connectivity index (χ1n) is 18.6. The van der Waals surface area contributed by atoms with Crippen LogP contribution in [0, 0.1) is 71.0 Å². The molecule has 0 unspecified atom stereocenters. The van der Waals surface area contributed by atoms with Crippen LogP contribution in [-0.2, 0) is 0 Å². The molecule has 0 aliphatic rings. The first-order valence-corrected chi connectivity index (χ1v) is 18.6. The minimum absolute atomic E-state index is 0.0296. The van der Waals surface area contributed by atoms with E-state index in [2.05, 4.69) is 71.0 Å². The predicted molar refractivity (Wildman–Crippen MR) is 236 cm³/mol. The van der Waals surface area contributed by atoms with Crippen molar-refractivity contribution in [3.8, 4) is 88.3 Å². The van der Waals surface area contributed by atoms with E-state index in [-0.39, 0.29) is 5.75 Å². The van der Waals surface area contributed by atoms with E-state index >= 15 is 0 Å². The van der Waals surface area contributed by atoms with E-state index in [0.717, 1.165) is 33.4 Å². The molecule has 7 aromatic carbocycles. The molecule has 59 heavy (non-hydrogen) atoms. The lowest BCUT2D eigenvalue weighted by molar-refractivity contribution is 0.413. The largest absolute Gasteiger partial charge is 0.508 e. The smallest absolute Gasteiger partial charge is 0.135 e. The summed E-state index contributed by atoms with van der Waals surface area (Å²) >= 11 is 0. The zero-order chi connectivity index (χ0) is 40.7. The highest BCUT2D eigenvalue weighted by Gasteiger charge is 2.09. The Labute approximate surface area is 346 Å². The molecular weight excluding hydrogens is 721 g/mol. The zero-order valence-corrected chi connectivity index (χ0v) is 32.4. The SMILES string of the molecule is COc1cc(C#Cc2ccccc2)c(C#Cc2ccccc2)cc1C#Cc1cc(O)cc(C#Cc2cc(C#Cc3ccccc3)c(C#Cc3ccccc3)cc2OC)c1. The molecule has 3 heteroatoms. The van der Waals surface area contributed by atoms with Gasteiger partial charge in [-0.05, 0) is 91.0 Å². The van der Waals surface area contributed by atoms with E-state index in [0.29, 0.717) is 44.9 Å². The van der Waals surface area contributed by atoms with Gasteiger partial charge >= 0.3 is 0 Å². The van der Waals surface area contributed by atoms with Gasteiger partial charge in [0.25, 0.3) is 0 Å². The Morgan fingerprint density at radius 2 is 0.559 bits per heavy atom. The van der Waals surface area contributed by atoms with Crippen LogP contribution in [-0.4, -0.2) is 19.3 Å². The van der Waals surface area contributed by atoms with E-state index in [1.54, 1.807) is 26.4 Å². The van der Waals surface area contributed by atoms with Gasteiger partial charge in [0.2, 0.25) is 0 Å². The van der Waals surface area contributed by atoms with Crippen molar-refractivity contribution < 1.29 is 14.6 Å². The lowest BCUT2D eigenvalue weighted by atomic mass is 10.0. The molecule has 0 amide bonds. The second kappa shape index (κ2) is 19.2. The third-order valence-electron chi connectivity index (χ3n) is 8.74. The maximum absolute atomic E-state index is 10.8. The summed E-state index contributed by atoms with van der Waals surface area (Å²) in [5, 5.41) is 10.8. The number of ether oxygens (including phenoxy) is 2. The minimum Gasteiger partial charge on any atom is -0.508 e. The fraction of sp³-hybridized carbons (Fsp3) is 0.0357. The quantitative estimate of drug-likeness (QED) is 0.179. The Balaban J connectivity index is 1.24. The van der Waals surface area contributed by atoms with E-state index in [4.69, 9.17) is 9.47 Å². The Bertz CT molecular complexity index is 2820. The molecule has 0 heterocycles. The number of phenols is 1. The van der Waals surface area contributed by atoms with Gasteiger partial charge in [0.15, 0.2) is 0 Å². The summed E-state index contributed by atoms with van der Waals surface area (Å²) in [6.07, 6.45) is 0. The number of rotatable bonds is 2. The van der Waals surface area contributed by atoms with Crippen LogP contribution >= 0.6 is 0 Å². The number of aromatic hydroxyl groups is 1. The first kappa shape index (κ1) is 38.6. The van der Waals surface area contributed by atoms with Crippen LogP contribution in [0.5, 0.6) is 17.2 Å². The third-order valence-corrected chi connectivity index (χ3v) is 8.74. The lowest BCUT2D eigenvalue weighted by Crippen LogP contribution is -1.94. The Morgan fingerprint density at radius 1 is 0.288 bits per heavy atom. The average molecular weight is 755 g/mol. The lowest BCUT2D eigenvalue weighted by Gasteiger charge is -2.07. The van der Waals surface area contributed by atoms with Crippen molar-refractivity contribution in [3.63, 3.8) is 0 Å². The maximum atomic E-state index is 10.8. The molecule has 0 aliphatic carbocycles.